The van der Waals surface area contributed by atoms with Gasteiger partial charge in [-0.25, -0.2) is 9.97 Å². The molecule has 0 unspecified atom stereocenters. The molecule has 0 saturated heterocycles. The summed E-state index contributed by atoms with van der Waals surface area (Å²) in [7, 11) is 5.08. The Morgan fingerprint density at radius 1 is 1.26 bits per heavy atom. The topological polar surface area (TPSA) is 102 Å². The Labute approximate surface area is 155 Å². The first-order chi connectivity index (χ1) is 13.0. The number of aryl methyl sites for hydroxylation is 1. The van der Waals surface area contributed by atoms with E-state index < -0.39 is 0 Å². The molecule has 0 saturated carbocycles. The van der Waals surface area contributed by atoms with Gasteiger partial charge in [0.05, 0.1) is 30.5 Å². The van der Waals surface area contributed by atoms with Gasteiger partial charge in [0.25, 0.3) is 5.56 Å². The first-order valence-electron chi connectivity index (χ1n) is 8.32. The number of anilines is 2. The van der Waals surface area contributed by atoms with Gasteiger partial charge in [-0.1, -0.05) is 12.1 Å². The number of fused-ring (bicyclic) bond motifs is 1. The summed E-state index contributed by atoms with van der Waals surface area (Å²) in [5.41, 5.74) is 0.930. The molecule has 1 aromatic carbocycles. The van der Waals surface area contributed by atoms with Gasteiger partial charge in [0.2, 0.25) is 5.91 Å². The van der Waals surface area contributed by atoms with Crippen LogP contribution in [0.15, 0.2) is 41.6 Å². The van der Waals surface area contributed by atoms with Crippen molar-refractivity contribution in [3.63, 3.8) is 0 Å². The maximum Gasteiger partial charge on any atom is 0.318 e. The van der Waals surface area contributed by atoms with Crippen LogP contribution in [0.25, 0.3) is 10.9 Å². The normalized spacial score (nSPS) is 10.6. The molecule has 9 heteroatoms. The Morgan fingerprint density at radius 2 is 2.04 bits per heavy atom. The molecule has 0 bridgehead atoms. The fraction of sp³-hybridized carbons (Fsp3) is 0.278. The van der Waals surface area contributed by atoms with Gasteiger partial charge in [-0.05, 0) is 12.1 Å². The number of ether oxygens (including phenoxy) is 1. The van der Waals surface area contributed by atoms with Crippen molar-refractivity contribution in [1.82, 2.24) is 19.5 Å². The molecule has 1 N–H and O–H groups in total. The van der Waals surface area contributed by atoms with Crippen LogP contribution in [0.1, 0.15) is 6.42 Å². The number of nitrogens with one attached hydrogen (secondary N) is 1. The number of aromatic nitrogens is 4. The summed E-state index contributed by atoms with van der Waals surface area (Å²) in [6.45, 7) is 0.219. The number of nitrogens with zero attached hydrogens (tertiary/aromatic N) is 5. The zero-order valence-corrected chi connectivity index (χ0v) is 15.3. The minimum atomic E-state index is -0.257. The lowest BCUT2D eigenvalue weighted by Gasteiger charge is -2.16. The second-order valence-corrected chi connectivity index (χ2v) is 6.05. The maximum atomic E-state index is 12.5. The second-order valence-electron chi connectivity index (χ2n) is 6.05. The third kappa shape index (κ3) is 4.02. The first-order valence-corrected chi connectivity index (χ1v) is 8.32. The van der Waals surface area contributed by atoms with Crippen molar-refractivity contribution in [2.24, 2.45) is 0 Å². The van der Waals surface area contributed by atoms with E-state index in [4.69, 9.17) is 4.74 Å². The highest BCUT2D eigenvalue weighted by molar-refractivity contribution is 5.93. The van der Waals surface area contributed by atoms with E-state index in [1.165, 1.54) is 24.2 Å². The van der Waals surface area contributed by atoms with E-state index in [1.807, 2.05) is 6.07 Å². The molecular weight excluding hydrogens is 348 g/mol. The molecule has 140 valence electrons. The zero-order valence-electron chi connectivity index (χ0n) is 15.3. The Hall–Kier alpha value is -3.49. The molecule has 2 aromatic heterocycles. The summed E-state index contributed by atoms with van der Waals surface area (Å²) < 4.78 is 6.44. The van der Waals surface area contributed by atoms with E-state index in [0.29, 0.717) is 22.4 Å². The van der Waals surface area contributed by atoms with Crippen molar-refractivity contribution in [3.05, 3.63) is 47.1 Å². The van der Waals surface area contributed by atoms with Gasteiger partial charge in [0.15, 0.2) is 5.82 Å². The molecule has 0 fully saturated rings. The summed E-state index contributed by atoms with van der Waals surface area (Å²) in [6.07, 6.45) is 3.06. The summed E-state index contributed by atoms with van der Waals surface area (Å²) in [4.78, 5) is 39.0. The highest BCUT2D eigenvalue weighted by atomic mass is 16.5. The van der Waals surface area contributed by atoms with Crippen LogP contribution in [-0.4, -0.2) is 46.6 Å². The molecule has 0 atom stereocenters. The fourth-order valence-electron chi connectivity index (χ4n) is 2.58. The van der Waals surface area contributed by atoms with Crippen LogP contribution < -0.4 is 20.5 Å². The minimum absolute atomic E-state index is 0.110. The van der Waals surface area contributed by atoms with Gasteiger partial charge in [-0.2, -0.15) is 4.98 Å². The van der Waals surface area contributed by atoms with Crippen LogP contribution in [-0.2, 0) is 11.3 Å². The van der Waals surface area contributed by atoms with E-state index in [9.17, 15) is 9.59 Å². The monoisotopic (exact) mass is 368 g/mol. The van der Waals surface area contributed by atoms with E-state index in [2.05, 4.69) is 20.3 Å². The maximum absolute atomic E-state index is 12.5. The van der Waals surface area contributed by atoms with E-state index >= 15 is 0 Å². The van der Waals surface area contributed by atoms with Crippen LogP contribution in [0.4, 0.5) is 11.5 Å². The first kappa shape index (κ1) is 18.3. The largest absolute Gasteiger partial charge is 0.467 e. The molecule has 2 heterocycles. The Balaban J connectivity index is 1.72. The standard InChI is InChI=1S/C18H20N6O3/c1-23(2)16-14(10-19-18(22-16)27-3)21-15(25)8-9-24-11-20-13-7-5-4-6-12(13)17(24)26/h4-7,10-11H,8-9H2,1-3H3,(H,21,25). The lowest BCUT2D eigenvalue weighted by atomic mass is 10.2. The van der Waals surface area contributed by atoms with Crippen LogP contribution in [0.2, 0.25) is 0 Å². The number of methoxy groups -OCH3 is 1. The van der Waals surface area contributed by atoms with Crippen molar-refractivity contribution in [2.75, 3.05) is 31.4 Å². The minimum Gasteiger partial charge on any atom is -0.467 e. The van der Waals surface area contributed by atoms with E-state index in [0.717, 1.165) is 0 Å². The third-order valence-corrected chi connectivity index (χ3v) is 3.94. The lowest BCUT2D eigenvalue weighted by molar-refractivity contribution is -0.116. The molecular formula is C18H20N6O3. The highest BCUT2D eigenvalue weighted by Crippen LogP contribution is 2.22. The SMILES string of the molecule is COc1ncc(NC(=O)CCn2cnc3ccccc3c2=O)c(N(C)C)n1. The summed E-state index contributed by atoms with van der Waals surface area (Å²) in [5.74, 6) is 0.270. The molecule has 9 nitrogen and oxygen atoms in total. The molecule has 0 aliphatic carbocycles. The molecule has 3 aromatic rings. The number of hydrogen-bond acceptors (Lipinski definition) is 7. The van der Waals surface area contributed by atoms with Crippen LogP contribution >= 0.6 is 0 Å². The summed E-state index contributed by atoms with van der Waals surface area (Å²) >= 11 is 0. The van der Waals surface area contributed by atoms with Gasteiger partial charge in [-0.3, -0.25) is 14.2 Å². The quantitative estimate of drug-likeness (QED) is 0.699. The van der Waals surface area contributed by atoms with Crippen molar-refractivity contribution < 1.29 is 9.53 Å². The molecule has 0 radical (unpaired) electrons. The number of carbonyl (C=O) groups excluding carboxylic acids is 1. The van der Waals surface area contributed by atoms with E-state index in [-0.39, 0.29) is 30.4 Å². The van der Waals surface area contributed by atoms with Crippen molar-refractivity contribution >= 4 is 28.3 Å². The number of amides is 1. The molecule has 27 heavy (non-hydrogen) atoms. The Kier molecular flexibility index (Phi) is 5.30. The number of hydrogen-bond donors (Lipinski definition) is 1. The fourth-order valence-corrected chi connectivity index (χ4v) is 2.58. The Morgan fingerprint density at radius 3 is 2.78 bits per heavy atom. The number of benzene rings is 1. The predicted octanol–water partition coefficient (Wildman–Crippen LogP) is 1.29. The van der Waals surface area contributed by atoms with Crippen LogP contribution in [0, 0.1) is 0 Å². The number of carbonyl (C=O) groups is 1. The van der Waals surface area contributed by atoms with Crippen LogP contribution in [0.3, 0.4) is 0 Å². The number of rotatable bonds is 6. The molecule has 1 amide bonds. The summed E-state index contributed by atoms with van der Waals surface area (Å²) in [5, 5.41) is 3.30. The predicted molar refractivity (Wildman–Crippen MR) is 102 cm³/mol. The molecule has 0 spiro atoms. The lowest BCUT2D eigenvalue weighted by Crippen LogP contribution is -2.24. The molecule has 0 aliphatic rings. The second kappa shape index (κ2) is 7.81. The summed E-state index contributed by atoms with van der Waals surface area (Å²) in [6, 6.07) is 7.32. The third-order valence-electron chi connectivity index (χ3n) is 3.94. The average Bonchev–Trinajstić information content (AvgIpc) is 2.68. The van der Waals surface area contributed by atoms with E-state index in [1.54, 1.807) is 37.2 Å². The van der Waals surface area contributed by atoms with Crippen molar-refractivity contribution in [1.29, 1.82) is 0 Å². The average molecular weight is 368 g/mol. The van der Waals surface area contributed by atoms with Crippen molar-refractivity contribution in [3.8, 4) is 6.01 Å². The molecule has 3 rings (SSSR count). The molecule has 0 aliphatic heterocycles. The van der Waals surface area contributed by atoms with Crippen LogP contribution in [0.5, 0.6) is 6.01 Å². The number of para-hydroxylation sites is 1. The highest BCUT2D eigenvalue weighted by Gasteiger charge is 2.13. The van der Waals surface area contributed by atoms with Crippen molar-refractivity contribution in [2.45, 2.75) is 13.0 Å². The van der Waals surface area contributed by atoms with Gasteiger partial charge in [-0.15, -0.1) is 0 Å². The Bertz CT molecular complexity index is 1030. The smallest absolute Gasteiger partial charge is 0.318 e. The van der Waals surface area contributed by atoms with Gasteiger partial charge >= 0.3 is 6.01 Å². The zero-order chi connectivity index (χ0) is 19.4. The van der Waals surface area contributed by atoms with Gasteiger partial charge in [0, 0.05) is 27.1 Å². The van der Waals surface area contributed by atoms with Gasteiger partial charge in [0.1, 0.15) is 5.69 Å². The van der Waals surface area contributed by atoms with Gasteiger partial charge < -0.3 is 15.0 Å².